The van der Waals surface area contributed by atoms with Crippen LogP contribution in [0.2, 0.25) is 0 Å². The number of pyridine rings is 1. The zero-order valence-electron chi connectivity index (χ0n) is 14.6. The van der Waals surface area contributed by atoms with Gasteiger partial charge in [0, 0.05) is 31.8 Å². The third-order valence-electron chi connectivity index (χ3n) is 3.59. The second kappa shape index (κ2) is 6.90. The molecule has 1 aromatic carbocycles. The zero-order valence-corrected chi connectivity index (χ0v) is 14.6. The first-order valence-electron chi connectivity index (χ1n) is 7.64. The second-order valence-electron chi connectivity index (χ2n) is 6.09. The molecule has 5 heteroatoms. The number of fused-ring (bicyclic) bond motifs is 1. The van der Waals surface area contributed by atoms with Gasteiger partial charge >= 0.3 is 0 Å². The van der Waals surface area contributed by atoms with Crippen LogP contribution in [0.1, 0.15) is 27.7 Å². The number of ether oxygens (including phenoxy) is 2. The van der Waals surface area contributed by atoms with Crippen LogP contribution in [0.25, 0.3) is 10.8 Å². The highest BCUT2D eigenvalue weighted by atomic mass is 16.7. The summed E-state index contributed by atoms with van der Waals surface area (Å²) >= 11 is 0. The third-order valence-corrected chi connectivity index (χ3v) is 3.59. The zero-order chi connectivity index (χ0) is 17.8. The molecule has 1 atom stereocenters. The van der Waals surface area contributed by atoms with Gasteiger partial charge in [-0.1, -0.05) is 12.0 Å². The number of nitrogens with one attached hydrogen (secondary N) is 1. The van der Waals surface area contributed by atoms with E-state index in [-0.39, 0.29) is 0 Å². The lowest BCUT2D eigenvalue weighted by atomic mass is 10.1. The number of amides is 1. The summed E-state index contributed by atoms with van der Waals surface area (Å²) in [6.45, 7) is 6.94. The number of methoxy groups -OCH3 is 1. The summed E-state index contributed by atoms with van der Waals surface area (Å²) in [6.07, 6.45) is 3.47. The minimum atomic E-state index is -1.47. The Balaban J connectivity index is 2.24. The van der Waals surface area contributed by atoms with E-state index in [0.717, 1.165) is 10.8 Å². The first-order valence-corrected chi connectivity index (χ1v) is 7.64. The van der Waals surface area contributed by atoms with Crippen molar-refractivity contribution in [2.75, 3.05) is 7.11 Å². The van der Waals surface area contributed by atoms with Crippen molar-refractivity contribution >= 4 is 16.7 Å². The summed E-state index contributed by atoms with van der Waals surface area (Å²) < 4.78 is 11.2. The molecule has 0 aliphatic rings. The van der Waals surface area contributed by atoms with Gasteiger partial charge in [0.1, 0.15) is 5.75 Å². The average molecular weight is 326 g/mol. The minimum absolute atomic E-state index is 0.399. The lowest BCUT2D eigenvalue weighted by Crippen LogP contribution is -2.56. The summed E-state index contributed by atoms with van der Waals surface area (Å²) in [4.78, 5) is 16.7. The molecule has 126 valence electrons. The third kappa shape index (κ3) is 4.03. The van der Waals surface area contributed by atoms with Crippen LogP contribution in [0, 0.1) is 11.8 Å². The fourth-order valence-corrected chi connectivity index (χ4v) is 2.27. The predicted octanol–water partition coefficient (Wildman–Crippen LogP) is 2.89. The van der Waals surface area contributed by atoms with E-state index >= 15 is 0 Å². The van der Waals surface area contributed by atoms with Gasteiger partial charge in [0.25, 0.3) is 11.7 Å². The predicted molar refractivity (Wildman–Crippen MR) is 93.5 cm³/mol. The molecule has 24 heavy (non-hydrogen) atoms. The summed E-state index contributed by atoms with van der Waals surface area (Å²) in [7, 11) is 1.43. The van der Waals surface area contributed by atoms with Crippen LogP contribution in [0.3, 0.4) is 0 Å². The average Bonchev–Trinajstić information content (AvgIpc) is 2.54. The number of carbonyl (C=O) groups excluding carboxylic acids is 1. The van der Waals surface area contributed by atoms with Gasteiger partial charge in [-0.2, -0.15) is 0 Å². The van der Waals surface area contributed by atoms with Crippen LogP contribution in [0.15, 0.2) is 36.7 Å². The first kappa shape index (κ1) is 17.8. The van der Waals surface area contributed by atoms with Crippen molar-refractivity contribution < 1.29 is 14.3 Å². The highest BCUT2D eigenvalue weighted by Gasteiger charge is 2.38. The molecule has 0 radical (unpaired) electrons. The topological polar surface area (TPSA) is 60.5 Å². The number of aromatic nitrogens is 1. The molecule has 0 bridgehead atoms. The molecule has 1 aromatic heterocycles. The van der Waals surface area contributed by atoms with Gasteiger partial charge in [0.05, 0.1) is 5.54 Å². The summed E-state index contributed by atoms with van der Waals surface area (Å²) in [5.74, 6) is 4.39. The smallest absolute Gasteiger partial charge is 0.293 e. The molecule has 1 heterocycles. The normalized spacial score (nSPS) is 13.5. The van der Waals surface area contributed by atoms with Crippen molar-refractivity contribution in [2.45, 2.75) is 39.0 Å². The molecule has 2 aromatic rings. The Labute approximate surface area is 142 Å². The maximum atomic E-state index is 12.6. The number of nitrogens with zero attached hydrogens (tertiary/aromatic N) is 1. The molecule has 2 rings (SSSR count). The van der Waals surface area contributed by atoms with Crippen LogP contribution >= 0.6 is 0 Å². The van der Waals surface area contributed by atoms with Crippen LogP contribution < -0.4 is 10.1 Å². The van der Waals surface area contributed by atoms with E-state index in [1.807, 2.05) is 32.0 Å². The van der Waals surface area contributed by atoms with Crippen LogP contribution in [0.4, 0.5) is 0 Å². The van der Waals surface area contributed by atoms with Gasteiger partial charge in [-0.05, 0) is 44.4 Å². The first-order chi connectivity index (χ1) is 11.3. The highest BCUT2D eigenvalue weighted by molar-refractivity contribution is 5.85. The Kier molecular flexibility index (Phi) is 5.10. The van der Waals surface area contributed by atoms with E-state index in [9.17, 15) is 4.79 Å². The van der Waals surface area contributed by atoms with Crippen molar-refractivity contribution in [1.82, 2.24) is 10.3 Å². The standard InChI is InChI=1S/C19H22N2O3/c1-6-10-18(2,3)21-17(22)19(4,23-5)24-16-8-7-14-9-11-20-13-15(14)12-16/h7-9,11-13H,1-5H3,(H,21,22). The van der Waals surface area contributed by atoms with Crippen molar-refractivity contribution in [3.05, 3.63) is 36.7 Å². The highest BCUT2D eigenvalue weighted by Crippen LogP contribution is 2.24. The van der Waals surface area contributed by atoms with E-state index < -0.39 is 17.2 Å². The summed E-state index contributed by atoms with van der Waals surface area (Å²) in [6, 6.07) is 7.44. The largest absolute Gasteiger partial charge is 0.453 e. The molecular weight excluding hydrogens is 304 g/mol. The Morgan fingerprint density at radius 2 is 1.96 bits per heavy atom. The van der Waals surface area contributed by atoms with Crippen molar-refractivity contribution in [3.8, 4) is 17.6 Å². The Bertz CT molecular complexity index is 805. The van der Waals surface area contributed by atoms with Crippen molar-refractivity contribution in [1.29, 1.82) is 0 Å². The number of hydrogen-bond donors (Lipinski definition) is 1. The maximum absolute atomic E-state index is 12.6. The second-order valence-corrected chi connectivity index (χ2v) is 6.09. The number of benzene rings is 1. The van der Waals surface area contributed by atoms with E-state index in [4.69, 9.17) is 9.47 Å². The minimum Gasteiger partial charge on any atom is -0.453 e. The molecular formula is C19H22N2O3. The Hall–Kier alpha value is -2.58. The Morgan fingerprint density at radius 3 is 2.62 bits per heavy atom. The molecule has 0 aliphatic heterocycles. The van der Waals surface area contributed by atoms with Crippen molar-refractivity contribution in [3.63, 3.8) is 0 Å². The summed E-state index contributed by atoms with van der Waals surface area (Å²) in [5.41, 5.74) is -0.678. The van der Waals surface area contributed by atoms with E-state index in [0.29, 0.717) is 5.75 Å². The lowest BCUT2D eigenvalue weighted by molar-refractivity contribution is -0.180. The van der Waals surface area contributed by atoms with Gasteiger partial charge in [-0.25, -0.2) is 0 Å². The fraction of sp³-hybridized carbons (Fsp3) is 0.368. The van der Waals surface area contributed by atoms with Crippen LogP contribution in [0.5, 0.6) is 5.75 Å². The molecule has 0 fully saturated rings. The molecule has 1 N–H and O–H groups in total. The van der Waals surface area contributed by atoms with Gasteiger partial charge in [-0.3, -0.25) is 9.78 Å². The number of rotatable bonds is 5. The van der Waals surface area contributed by atoms with Gasteiger partial charge in [-0.15, -0.1) is 5.92 Å². The van der Waals surface area contributed by atoms with Crippen molar-refractivity contribution in [2.24, 2.45) is 0 Å². The number of carbonyl (C=O) groups is 1. The molecule has 1 amide bonds. The van der Waals surface area contributed by atoms with Crippen LogP contribution in [-0.2, 0) is 9.53 Å². The molecule has 0 aliphatic carbocycles. The quantitative estimate of drug-likeness (QED) is 0.678. The molecule has 1 unspecified atom stereocenters. The SMILES string of the molecule is CC#CC(C)(C)NC(=O)C(C)(OC)Oc1ccc2ccncc2c1. The van der Waals surface area contributed by atoms with Gasteiger partial charge in [0.15, 0.2) is 0 Å². The summed E-state index contributed by atoms with van der Waals surface area (Å²) in [5, 5.41) is 4.80. The Morgan fingerprint density at radius 1 is 1.21 bits per heavy atom. The lowest BCUT2D eigenvalue weighted by Gasteiger charge is -2.31. The monoisotopic (exact) mass is 326 g/mol. The van der Waals surface area contributed by atoms with Crippen LogP contribution in [-0.4, -0.2) is 29.3 Å². The molecule has 0 spiro atoms. The molecule has 5 nitrogen and oxygen atoms in total. The van der Waals surface area contributed by atoms with Gasteiger partial charge < -0.3 is 14.8 Å². The van der Waals surface area contributed by atoms with E-state index in [1.165, 1.54) is 7.11 Å². The van der Waals surface area contributed by atoms with Gasteiger partial charge in [0.2, 0.25) is 0 Å². The fourth-order valence-electron chi connectivity index (χ4n) is 2.27. The number of hydrogen-bond acceptors (Lipinski definition) is 4. The molecule has 0 saturated heterocycles. The van der Waals surface area contributed by atoms with E-state index in [1.54, 1.807) is 32.3 Å². The molecule has 0 saturated carbocycles. The van der Waals surface area contributed by atoms with E-state index in [2.05, 4.69) is 22.1 Å². The maximum Gasteiger partial charge on any atom is 0.293 e.